The van der Waals surface area contributed by atoms with Crippen molar-refractivity contribution in [2.75, 3.05) is 7.11 Å². The maximum absolute atomic E-state index is 5.74. The van der Waals surface area contributed by atoms with Crippen LogP contribution in [0.3, 0.4) is 0 Å². The molecule has 1 saturated carbocycles. The number of aryl methyl sites for hydroxylation is 1. The zero-order valence-corrected chi connectivity index (χ0v) is 10.7. The van der Waals surface area contributed by atoms with Crippen LogP contribution in [0.2, 0.25) is 0 Å². The molecule has 0 saturated heterocycles. The van der Waals surface area contributed by atoms with Crippen molar-refractivity contribution in [2.45, 2.75) is 38.6 Å². The van der Waals surface area contributed by atoms with Gasteiger partial charge in [0.1, 0.15) is 5.75 Å². The molecule has 0 heterocycles. The fourth-order valence-corrected chi connectivity index (χ4v) is 2.89. The van der Waals surface area contributed by atoms with Crippen molar-refractivity contribution in [1.29, 1.82) is 0 Å². The predicted octanol–water partition coefficient (Wildman–Crippen LogP) is 2.70. The molecule has 3 N–H and O–H groups in total. The minimum atomic E-state index is 0.281. The second kappa shape index (κ2) is 5.52. The Labute approximate surface area is 103 Å². The molecule has 0 spiro atoms. The Balaban J connectivity index is 2.23. The zero-order chi connectivity index (χ0) is 12.3. The van der Waals surface area contributed by atoms with E-state index in [1.54, 1.807) is 7.11 Å². The highest BCUT2D eigenvalue weighted by molar-refractivity contribution is 5.37. The summed E-state index contributed by atoms with van der Waals surface area (Å²) in [6.45, 7) is 2.12. The van der Waals surface area contributed by atoms with E-state index in [-0.39, 0.29) is 6.04 Å². The quantitative estimate of drug-likeness (QED) is 0.622. The fraction of sp³-hybridized carbons (Fsp3) is 0.571. The third-order valence-corrected chi connectivity index (χ3v) is 3.86. The molecular weight excluding hydrogens is 212 g/mol. The van der Waals surface area contributed by atoms with Gasteiger partial charge in [-0.3, -0.25) is 11.3 Å². The summed E-state index contributed by atoms with van der Waals surface area (Å²) >= 11 is 0. The number of rotatable bonds is 4. The molecule has 0 aromatic heterocycles. The number of nitrogens with one attached hydrogen (secondary N) is 1. The number of benzene rings is 1. The van der Waals surface area contributed by atoms with Crippen LogP contribution in [-0.4, -0.2) is 7.11 Å². The Morgan fingerprint density at radius 1 is 1.35 bits per heavy atom. The van der Waals surface area contributed by atoms with Gasteiger partial charge in [0.05, 0.1) is 7.11 Å². The van der Waals surface area contributed by atoms with E-state index in [2.05, 4.69) is 24.5 Å². The minimum absolute atomic E-state index is 0.281. The minimum Gasteiger partial charge on any atom is -0.497 e. The largest absolute Gasteiger partial charge is 0.497 e. The van der Waals surface area contributed by atoms with Crippen LogP contribution < -0.4 is 16.0 Å². The van der Waals surface area contributed by atoms with Crippen LogP contribution in [0.15, 0.2) is 18.2 Å². The van der Waals surface area contributed by atoms with Gasteiger partial charge in [-0.15, -0.1) is 0 Å². The molecule has 0 aliphatic heterocycles. The average Bonchev–Trinajstić information content (AvgIpc) is 2.85. The number of methoxy groups -OCH3 is 1. The highest BCUT2D eigenvalue weighted by Gasteiger charge is 2.26. The van der Waals surface area contributed by atoms with Crippen LogP contribution >= 0.6 is 0 Å². The lowest BCUT2D eigenvalue weighted by Gasteiger charge is -2.24. The van der Waals surface area contributed by atoms with E-state index >= 15 is 0 Å². The van der Waals surface area contributed by atoms with Crippen molar-refractivity contribution in [2.24, 2.45) is 11.8 Å². The molecule has 3 heteroatoms. The molecule has 1 atom stereocenters. The molecule has 17 heavy (non-hydrogen) atoms. The summed E-state index contributed by atoms with van der Waals surface area (Å²) in [5.74, 6) is 7.33. The predicted molar refractivity (Wildman–Crippen MR) is 69.8 cm³/mol. The van der Waals surface area contributed by atoms with Crippen LogP contribution in [0, 0.1) is 12.8 Å². The van der Waals surface area contributed by atoms with E-state index in [1.165, 1.54) is 36.8 Å². The van der Waals surface area contributed by atoms with E-state index < -0.39 is 0 Å². The van der Waals surface area contributed by atoms with E-state index in [0.29, 0.717) is 5.92 Å². The van der Waals surface area contributed by atoms with Gasteiger partial charge in [0.15, 0.2) is 0 Å². The normalized spacial score (nSPS) is 18.3. The van der Waals surface area contributed by atoms with Crippen molar-refractivity contribution in [3.8, 4) is 5.75 Å². The first-order chi connectivity index (χ1) is 8.26. The van der Waals surface area contributed by atoms with Gasteiger partial charge in [0.25, 0.3) is 0 Å². The molecule has 1 aromatic carbocycles. The first-order valence-electron chi connectivity index (χ1n) is 6.37. The molecule has 0 bridgehead atoms. The lowest BCUT2D eigenvalue weighted by atomic mass is 9.89. The zero-order valence-electron chi connectivity index (χ0n) is 10.7. The first-order valence-corrected chi connectivity index (χ1v) is 6.37. The lowest BCUT2D eigenvalue weighted by molar-refractivity contribution is 0.371. The summed E-state index contributed by atoms with van der Waals surface area (Å²) in [5, 5.41) is 0. The summed E-state index contributed by atoms with van der Waals surface area (Å²) in [4.78, 5) is 0. The molecule has 0 radical (unpaired) electrons. The summed E-state index contributed by atoms with van der Waals surface area (Å²) < 4.78 is 5.24. The van der Waals surface area contributed by atoms with Gasteiger partial charge >= 0.3 is 0 Å². The number of ether oxygens (including phenoxy) is 1. The molecule has 1 aliphatic carbocycles. The first kappa shape index (κ1) is 12.4. The van der Waals surface area contributed by atoms with Crippen LogP contribution in [0.25, 0.3) is 0 Å². The van der Waals surface area contributed by atoms with Gasteiger partial charge in [-0.2, -0.15) is 0 Å². The Hall–Kier alpha value is -1.06. The van der Waals surface area contributed by atoms with Crippen LogP contribution in [-0.2, 0) is 0 Å². The second-order valence-corrected chi connectivity index (χ2v) is 4.91. The third-order valence-electron chi connectivity index (χ3n) is 3.86. The second-order valence-electron chi connectivity index (χ2n) is 4.91. The van der Waals surface area contributed by atoms with E-state index in [4.69, 9.17) is 10.6 Å². The summed E-state index contributed by atoms with van der Waals surface area (Å²) in [6.07, 6.45) is 5.22. The van der Waals surface area contributed by atoms with Crippen LogP contribution in [0.5, 0.6) is 5.75 Å². The summed E-state index contributed by atoms with van der Waals surface area (Å²) in [6, 6.07) is 6.51. The van der Waals surface area contributed by atoms with Crippen molar-refractivity contribution in [3.05, 3.63) is 29.3 Å². The van der Waals surface area contributed by atoms with Crippen LogP contribution in [0.1, 0.15) is 42.9 Å². The van der Waals surface area contributed by atoms with Gasteiger partial charge < -0.3 is 4.74 Å². The third kappa shape index (κ3) is 2.61. The average molecular weight is 234 g/mol. The molecule has 2 rings (SSSR count). The number of nitrogens with two attached hydrogens (primary N) is 1. The van der Waals surface area contributed by atoms with Gasteiger partial charge in [-0.25, -0.2) is 0 Å². The van der Waals surface area contributed by atoms with E-state index in [1.807, 2.05) is 6.07 Å². The fourth-order valence-electron chi connectivity index (χ4n) is 2.89. The Bertz CT molecular complexity index is 372. The highest BCUT2D eigenvalue weighted by atomic mass is 16.5. The number of hydrazine groups is 1. The molecule has 3 nitrogen and oxygen atoms in total. The Morgan fingerprint density at radius 2 is 2.06 bits per heavy atom. The summed E-state index contributed by atoms with van der Waals surface area (Å²) in [7, 11) is 1.70. The van der Waals surface area contributed by atoms with Gasteiger partial charge in [0, 0.05) is 6.04 Å². The van der Waals surface area contributed by atoms with Crippen LogP contribution in [0.4, 0.5) is 0 Å². The topological polar surface area (TPSA) is 47.3 Å². The molecule has 1 aliphatic rings. The smallest absolute Gasteiger partial charge is 0.119 e. The van der Waals surface area contributed by atoms with E-state index in [0.717, 1.165) is 5.75 Å². The van der Waals surface area contributed by atoms with Gasteiger partial charge in [-0.05, 0) is 48.9 Å². The molecule has 94 valence electrons. The Kier molecular flexibility index (Phi) is 4.02. The van der Waals surface area contributed by atoms with Gasteiger partial charge in [-0.1, -0.05) is 18.9 Å². The SMILES string of the molecule is COc1ccc(C(NN)C2CCCC2)c(C)c1. The Morgan fingerprint density at radius 3 is 2.59 bits per heavy atom. The van der Waals surface area contributed by atoms with Crippen molar-refractivity contribution < 1.29 is 4.74 Å². The van der Waals surface area contributed by atoms with Crippen molar-refractivity contribution in [3.63, 3.8) is 0 Å². The highest BCUT2D eigenvalue weighted by Crippen LogP contribution is 2.36. The van der Waals surface area contributed by atoms with E-state index in [9.17, 15) is 0 Å². The van der Waals surface area contributed by atoms with Gasteiger partial charge in [0.2, 0.25) is 0 Å². The maximum Gasteiger partial charge on any atom is 0.119 e. The molecule has 1 aromatic rings. The number of hydrogen-bond acceptors (Lipinski definition) is 3. The molecule has 1 unspecified atom stereocenters. The number of hydrogen-bond donors (Lipinski definition) is 2. The standard InChI is InChI=1S/C14H22N2O/c1-10-9-12(17-2)7-8-13(10)14(16-15)11-5-3-4-6-11/h7-9,11,14,16H,3-6,15H2,1-2H3. The maximum atomic E-state index is 5.74. The monoisotopic (exact) mass is 234 g/mol. The molecular formula is C14H22N2O. The lowest BCUT2D eigenvalue weighted by Crippen LogP contribution is -2.33. The molecule has 1 fully saturated rings. The van der Waals surface area contributed by atoms with Crippen molar-refractivity contribution in [1.82, 2.24) is 5.43 Å². The van der Waals surface area contributed by atoms with Crippen molar-refractivity contribution >= 4 is 0 Å². The summed E-state index contributed by atoms with van der Waals surface area (Å²) in [5.41, 5.74) is 5.55. The molecule has 0 amide bonds.